The van der Waals surface area contributed by atoms with E-state index < -0.39 is 0 Å². The number of aliphatic hydroxyl groups is 1. The van der Waals surface area contributed by atoms with E-state index in [1.54, 1.807) is 0 Å². The lowest BCUT2D eigenvalue weighted by Crippen LogP contribution is -2.17. The molecule has 0 saturated carbocycles. The van der Waals surface area contributed by atoms with Gasteiger partial charge in [0, 0.05) is 13.7 Å². The van der Waals surface area contributed by atoms with E-state index in [1.165, 1.54) is 5.56 Å². The summed E-state index contributed by atoms with van der Waals surface area (Å²) in [6, 6.07) is 10.7. The molecule has 82 valence electrons. The molecule has 3 nitrogen and oxygen atoms in total. The molecule has 0 aromatic heterocycles. The van der Waals surface area contributed by atoms with Gasteiger partial charge in [0.05, 0.1) is 12.1 Å². The Bertz CT molecular complexity index is 302. The fourth-order valence-corrected chi connectivity index (χ4v) is 2.08. The molecule has 1 aliphatic rings. The summed E-state index contributed by atoms with van der Waals surface area (Å²) in [6.45, 7) is 0.194. The van der Waals surface area contributed by atoms with Crippen LogP contribution in [0.1, 0.15) is 24.4 Å². The largest absolute Gasteiger partial charge is 0.396 e. The van der Waals surface area contributed by atoms with Gasteiger partial charge in [-0.3, -0.25) is 4.84 Å². The van der Waals surface area contributed by atoms with Gasteiger partial charge in [0.25, 0.3) is 0 Å². The molecule has 3 heteroatoms. The van der Waals surface area contributed by atoms with Gasteiger partial charge in [-0.1, -0.05) is 30.3 Å². The maximum atomic E-state index is 8.87. The van der Waals surface area contributed by atoms with Crippen molar-refractivity contribution >= 4 is 0 Å². The number of hydrogen-bond acceptors (Lipinski definition) is 3. The molecule has 1 saturated heterocycles. The Balaban J connectivity index is 2.05. The highest BCUT2D eigenvalue weighted by molar-refractivity contribution is 5.19. The average molecular weight is 207 g/mol. The highest BCUT2D eigenvalue weighted by atomic mass is 16.7. The maximum absolute atomic E-state index is 8.87. The van der Waals surface area contributed by atoms with Gasteiger partial charge in [0.2, 0.25) is 0 Å². The first-order valence-corrected chi connectivity index (χ1v) is 5.36. The number of aliphatic hydroxyl groups excluding tert-OH is 1. The molecule has 1 aliphatic heterocycles. The standard InChI is InChI=1S/C12H17NO2/c1-13-12(9-11(15-13)7-8-14)10-5-3-2-4-6-10/h2-6,11-12,14H,7-9H2,1H3/t11-,12+/m0/s1. The summed E-state index contributed by atoms with van der Waals surface area (Å²) in [5, 5.41) is 10.8. The fourth-order valence-electron chi connectivity index (χ4n) is 2.08. The van der Waals surface area contributed by atoms with Crippen LogP contribution in [-0.2, 0) is 4.84 Å². The molecule has 1 aromatic rings. The molecule has 0 spiro atoms. The predicted octanol–water partition coefficient (Wildman–Crippen LogP) is 1.75. The Hall–Kier alpha value is -0.900. The Morgan fingerprint density at radius 1 is 1.40 bits per heavy atom. The topological polar surface area (TPSA) is 32.7 Å². The number of hydrogen-bond donors (Lipinski definition) is 1. The van der Waals surface area contributed by atoms with E-state index in [2.05, 4.69) is 12.1 Å². The Morgan fingerprint density at radius 2 is 2.13 bits per heavy atom. The minimum Gasteiger partial charge on any atom is -0.396 e. The van der Waals surface area contributed by atoms with Crippen LogP contribution in [0.25, 0.3) is 0 Å². The van der Waals surface area contributed by atoms with Crippen molar-refractivity contribution in [1.29, 1.82) is 0 Å². The second-order valence-electron chi connectivity index (χ2n) is 3.95. The first-order valence-electron chi connectivity index (χ1n) is 5.36. The third-order valence-corrected chi connectivity index (χ3v) is 2.88. The monoisotopic (exact) mass is 207 g/mol. The van der Waals surface area contributed by atoms with Gasteiger partial charge in [0.1, 0.15) is 0 Å². The zero-order chi connectivity index (χ0) is 10.7. The fraction of sp³-hybridized carbons (Fsp3) is 0.500. The molecule has 1 aromatic carbocycles. The number of nitrogens with zero attached hydrogens (tertiary/aromatic N) is 1. The lowest BCUT2D eigenvalue weighted by molar-refractivity contribution is -0.147. The van der Waals surface area contributed by atoms with Crippen LogP contribution in [0.5, 0.6) is 0 Å². The van der Waals surface area contributed by atoms with Crippen LogP contribution in [0.2, 0.25) is 0 Å². The molecule has 0 amide bonds. The lowest BCUT2D eigenvalue weighted by atomic mass is 10.0. The van der Waals surface area contributed by atoms with Gasteiger partial charge in [-0.25, -0.2) is 0 Å². The van der Waals surface area contributed by atoms with Crippen LogP contribution in [0.3, 0.4) is 0 Å². The molecule has 0 unspecified atom stereocenters. The van der Waals surface area contributed by atoms with Gasteiger partial charge >= 0.3 is 0 Å². The second-order valence-corrected chi connectivity index (χ2v) is 3.95. The maximum Gasteiger partial charge on any atom is 0.0834 e. The molecule has 0 radical (unpaired) electrons. The van der Waals surface area contributed by atoms with Crippen molar-refractivity contribution in [2.75, 3.05) is 13.7 Å². The molecular weight excluding hydrogens is 190 g/mol. The molecule has 2 atom stereocenters. The minimum absolute atomic E-state index is 0.158. The Labute approximate surface area is 90.2 Å². The highest BCUT2D eigenvalue weighted by Gasteiger charge is 2.31. The predicted molar refractivity (Wildman–Crippen MR) is 58.1 cm³/mol. The van der Waals surface area contributed by atoms with Gasteiger partial charge < -0.3 is 5.11 Å². The lowest BCUT2D eigenvalue weighted by Gasteiger charge is -2.17. The summed E-state index contributed by atoms with van der Waals surface area (Å²) in [4.78, 5) is 5.64. The van der Waals surface area contributed by atoms with Crippen molar-refractivity contribution in [3.8, 4) is 0 Å². The minimum atomic E-state index is 0.158. The van der Waals surface area contributed by atoms with Crippen molar-refractivity contribution in [3.63, 3.8) is 0 Å². The van der Waals surface area contributed by atoms with E-state index in [1.807, 2.05) is 30.3 Å². The normalized spacial score (nSPS) is 27.1. The molecule has 15 heavy (non-hydrogen) atoms. The molecule has 1 N–H and O–H groups in total. The summed E-state index contributed by atoms with van der Waals surface area (Å²) in [5.41, 5.74) is 1.28. The quantitative estimate of drug-likeness (QED) is 0.819. The van der Waals surface area contributed by atoms with Crippen molar-refractivity contribution in [3.05, 3.63) is 35.9 Å². The molecule has 1 fully saturated rings. The Morgan fingerprint density at radius 3 is 2.80 bits per heavy atom. The SMILES string of the molecule is CN1O[C@@H](CCO)C[C@@H]1c1ccccc1. The molecule has 1 heterocycles. The van der Waals surface area contributed by atoms with Gasteiger partial charge in [-0.15, -0.1) is 0 Å². The van der Waals surface area contributed by atoms with Crippen molar-refractivity contribution in [2.24, 2.45) is 0 Å². The van der Waals surface area contributed by atoms with E-state index in [4.69, 9.17) is 9.94 Å². The van der Waals surface area contributed by atoms with Crippen molar-refractivity contribution < 1.29 is 9.94 Å². The smallest absolute Gasteiger partial charge is 0.0834 e. The van der Waals surface area contributed by atoms with E-state index in [0.717, 1.165) is 6.42 Å². The van der Waals surface area contributed by atoms with Gasteiger partial charge in [-0.2, -0.15) is 5.06 Å². The third kappa shape index (κ3) is 2.37. The summed E-state index contributed by atoms with van der Waals surface area (Å²) in [6.07, 6.45) is 1.83. The second kappa shape index (κ2) is 4.75. The molecular formula is C12H17NO2. The summed E-state index contributed by atoms with van der Waals surface area (Å²) >= 11 is 0. The van der Waals surface area contributed by atoms with E-state index in [-0.39, 0.29) is 12.7 Å². The first-order chi connectivity index (χ1) is 7.31. The molecule has 2 rings (SSSR count). The van der Waals surface area contributed by atoms with E-state index in [9.17, 15) is 0 Å². The average Bonchev–Trinajstić information content (AvgIpc) is 2.61. The Kier molecular flexibility index (Phi) is 3.36. The van der Waals surface area contributed by atoms with E-state index in [0.29, 0.717) is 12.5 Å². The number of hydroxylamine groups is 2. The molecule has 0 aliphatic carbocycles. The van der Waals surface area contributed by atoms with Crippen LogP contribution >= 0.6 is 0 Å². The van der Waals surface area contributed by atoms with Crippen LogP contribution in [0.15, 0.2) is 30.3 Å². The van der Waals surface area contributed by atoms with Crippen molar-refractivity contribution in [1.82, 2.24) is 5.06 Å². The van der Waals surface area contributed by atoms with Gasteiger partial charge in [-0.05, 0) is 18.4 Å². The number of rotatable bonds is 3. The zero-order valence-corrected chi connectivity index (χ0v) is 8.97. The van der Waals surface area contributed by atoms with Crippen LogP contribution in [0.4, 0.5) is 0 Å². The van der Waals surface area contributed by atoms with Crippen LogP contribution < -0.4 is 0 Å². The third-order valence-electron chi connectivity index (χ3n) is 2.88. The summed E-state index contributed by atoms with van der Waals surface area (Å²) in [5.74, 6) is 0. The number of benzene rings is 1. The molecule has 0 bridgehead atoms. The zero-order valence-electron chi connectivity index (χ0n) is 8.97. The summed E-state index contributed by atoms with van der Waals surface area (Å²) < 4.78 is 0. The summed E-state index contributed by atoms with van der Waals surface area (Å²) in [7, 11) is 1.95. The first kappa shape index (κ1) is 10.6. The van der Waals surface area contributed by atoms with E-state index >= 15 is 0 Å². The van der Waals surface area contributed by atoms with Crippen LogP contribution in [0, 0.1) is 0 Å². The van der Waals surface area contributed by atoms with Crippen LogP contribution in [-0.4, -0.2) is 29.9 Å². The van der Waals surface area contributed by atoms with Crippen molar-refractivity contribution in [2.45, 2.75) is 25.0 Å². The highest BCUT2D eigenvalue weighted by Crippen LogP contribution is 2.33. The van der Waals surface area contributed by atoms with Gasteiger partial charge in [0.15, 0.2) is 0 Å².